The first-order valence-electron chi connectivity index (χ1n) is 7.23. The van der Waals surface area contributed by atoms with Gasteiger partial charge in [0.1, 0.15) is 6.10 Å². The minimum atomic E-state index is -0.304. The zero-order valence-corrected chi connectivity index (χ0v) is 11.8. The van der Waals surface area contributed by atoms with Crippen molar-refractivity contribution in [1.29, 1.82) is 0 Å². The number of aryl methyl sites for hydroxylation is 1. The fourth-order valence-corrected chi connectivity index (χ4v) is 2.70. The Morgan fingerprint density at radius 2 is 2.11 bits per heavy atom. The largest absolute Gasteiger partial charge is 0.369 e. The molecular formula is C16H23NO2. The normalized spacial score (nSPS) is 19.6. The predicted molar refractivity (Wildman–Crippen MR) is 76.1 cm³/mol. The van der Waals surface area contributed by atoms with Crippen molar-refractivity contribution in [2.45, 2.75) is 51.7 Å². The van der Waals surface area contributed by atoms with Crippen LogP contribution < -0.4 is 5.32 Å². The van der Waals surface area contributed by atoms with E-state index in [9.17, 15) is 4.79 Å². The number of carbonyl (C=O) groups is 1. The van der Waals surface area contributed by atoms with Crippen LogP contribution in [0.1, 0.15) is 37.8 Å². The number of hydrogen-bond donors (Lipinski definition) is 1. The van der Waals surface area contributed by atoms with Gasteiger partial charge in [0, 0.05) is 12.6 Å². The van der Waals surface area contributed by atoms with Crippen molar-refractivity contribution in [3.8, 4) is 0 Å². The molecule has 2 unspecified atom stereocenters. The van der Waals surface area contributed by atoms with E-state index in [4.69, 9.17) is 4.74 Å². The van der Waals surface area contributed by atoms with Gasteiger partial charge in [-0.15, -0.1) is 0 Å². The molecule has 3 nitrogen and oxygen atoms in total. The Morgan fingerprint density at radius 3 is 2.79 bits per heavy atom. The van der Waals surface area contributed by atoms with E-state index < -0.39 is 0 Å². The number of amides is 1. The first-order chi connectivity index (χ1) is 9.24. The molecule has 1 N–H and O–H groups in total. The van der Waals surface area contributed by atoms with E-state index in [0.29, 0.717) is 6.61 Å². The molecule has 1 aliphatic rings. The molecule has 0 heterocycles. The molecule has 19 heavy (non-hydrogen) atoms. The zero-order chi connectivity index (χ0) is 13.7. The second-order valence-corrected chi connectivity index (χ2v) is 5.07. The molecule has 2 atom stereocenters. The molecule has 1 amide bonds. The van der Waals surface area contributed by atoms with Gasteiger partial charge in [0.15, 0.2) is 0 Å². The van der Waals surface area contributed by atoms with Crippen LogP contribution in [0.4, 0.5) is 0 Å². The molecule has 0 aliphatic heterocycles. The van der Waals surface area contributed by atoms with Gasteiger partial charge in [-0.3, -0.25) is 4.79 Å². The number of rotatable bonds is 5. The fraction of sp³-hybridized carbons (Fsp3) is 0.562. The molecule has 0 fully saturated rings. The highest BCUT2D eigenvalue weighted by atomic mass is 16.5. The second kappa shape index (κ2) is 6.71. The summed E-state index contributed by atoms with van der Waals surface area (Å²) in [5.74, 6) is 0.0359. The van der Waals surface area contributed by atoms with Crippen LogP contribution in [0.3, 0.4) is 0 Å². The van der Waals surface area contributed by atoms with Gasteiger partial charge < -0.3 is 10.1 Å². The molecule has 3 heteroatoms. The average molecular weight is 261 g/mol. The molecule has 0 radical (unpaired) electrons. The summed E-state index contributed by atoms with van der Waals surface area (Å²) in [5.41, 5.74) is 2.79. The smallest absolute Gasteiger partial charge is 0.249 e. The first kappa shape index (κ1) is 14.1. The Balaban J connectivity index is 1.93. The van der Waals surface area contributed by atoms with Crippen LogP contribution in [0.15, 0.2) is 24.3 Å². The molecule has 0 aromatic heterocycles. The van der Waals surface area contributed by atoms with E-state index in [-0.39, 0.29) is 18.1 Å². The maximum atomic E-state index is 12.1. The predicted octanol–water partition coefficient (Wildman–Crippen LogP) is 2.48. The van der Waals surface area contributed by atoms with Crippen molar-refractivity contribution in [3.05, 3.63) is 35.4 Å². The van der Waals surface area contributed by atoms with Crippen LogP contribution in [0.2, 0.25) is 0 Å². The highest BCUT2D eigenvalue weighted by Gasteiger charge is 2.23. The Kier molecular flexibility index (Phi) is 4.97. The summed E-state index contributed by atoms with van der Waals surface area (Å²) in [6.07, 6.45) is 3.42. The molecule has 0 saturated carbocycles. The lowest BCUT2D eigenvalue weighted by atomic mass is 9.88. The highest BCUT2D eigenvalue weighted by molar-refractivity contribution is 5.81. The Hall–Kier alpha value is -1.35. The third kappa shape index (κ3) is 3.57. The third-order valence-electron chi connectivity index (χ3n) is 3.72. The van der Waals surface area contributed by atoms with Crippen LogP contribution in [-0.2, 0) is 22.4 Å². The summed E-state index contributed by atoms with van der Waals surface area (Å²) < 4.78 is 5.45. The summed E-state index contributed by atoms with van der Waals surface area (Å²) in [6.45, 7) is 4.49. The molecule has 104 valence electrons. The van der Waals surface area contributed by atoms with Crippen LogP contribution in [0.5, 0.6) is 0 Å². The van der Waals surface area contributed by atoms with Gasteiger partial charge in [-0.1, -0.05) is 31.2 Å². The van der Waals surface area contributed by atoms with Gasteiger partial charge >= 0.3 is 0 Å². The van der Waals surface area contributed by atoms with Gasteiger partial charge in [-0.25, -0.2) is 0 Å². The maximum absolute atomic E-state index is 12.1. The Bertz CT molecular complexity index is 431. The maximum Gasteiger partial charge on any atom is 0.249 e. The van der Waals surface area contributed by atoms with Crippen LogP contribution in [0.25, 0.3) is 0 Å². The van der Waals surface area contributed by atoms with Crippen molar-refractivity contribution < 1.29 is 9.53 Å². The quantitative estimate of drug-likeness (QED) is 0.884. The lowest BCUT2D eigenvalue weighted by Crippen LogP contribution is -2.44. The molecular weight excluding hydrogens is 238 g/mol. The number of ether oxygens (including phenoxy) is 1. The first-order valence-corrected chi connectivity index (χ1v) is 7.23. The van der Waals surface area contributed by atoms with E-state index in [2.05, 4.69) is 29.6 Å². The fourth-order valence-electron chi connectivity index (χ4n) is 2.70. The molecule has 0 bridgehead atoms. The van der Waals surface area contributed by atoms with Gasteiger partial charge in [-0.2, -0.15) is 0 Å². The van der Waals surface area contributed by atoms with Crippen LogP contribution in [-0.4, -0.2) is 24.7 Å². The monoisotopic (exact) mass is 261 g/mol. The Labute approximate surface area is 115 Å². The van der Waals surface area contributed by atoms with Crippen LogP contribution >= 0.6 is 0 Å². The van der Waals surface area contributed by atoms with Crippen molar-refractivity contribution in [2.24, 2.45) is 0 Å². The second-order valence-electron chi connectivity index (χ2n) is 5.07. The number of nitrogens with one attached hydrogen (secondary N) is 1. The lowest BCUT2D eigenvalue weighted by Gasteiger charge is -2.27. The minimum Gasteiger partial charge on any atom is -0.369 e. The molecule has 2 rings (SSSR count). The van der Waals surface area contributed by atoms with Gasteiger partial charge in [0.2, 0.25) is 5.91 Å². The lowest BCUT2D eigenvalue weighted by molar-refractivity contribution is -0.133. The molecule has 1 aliphatic carbocycles. The van der Waals surface area contributed by atoms with E-state index in [1.165, 1.54) is 11.1 Å². The van der Waals surface area contributed by atoms with E-state index in [1.807, 2.05) is 13.8 Å². The number of fused-ring (bicyclic) bond motifs is 1. The molecule has 0 saturated heterocycles. The minimum absolute atomic E-state index is 0.0359. The van der Waals surface area contributed by atoms with Gasteiger partial charge in [0.25, 0.3) is 0 Å². The van der Waals surface area contributed by atoms with Crippen molar-refractivity contribution in [3.63, 3.8) is 0 Å². The summed E-state index contributed by atoms with van der Waals surface area (Å²) in [7, 11) is 0. The van der Waals surface area contributed by atoms with Crippen molar-refractivity contribution >= 4 is 5.91 Å². The summed E-state index contributed by atoms with van der Waals surface area (Å²) in [5, 5.41) is 3.13. The third-order valence-corrected chi connectivity index (χ3v) is 3.72. The average Bonchev–Trinajstić information content (AvgIpc) is 2.44. The number of carbonyl (C=O) groups excluding carboxylic acids is 1. The Morgan fingerprint density at radius 1 is 1.37 bits per heavy atom. The summed E-state index contributed by atoms with van der Waals surface area (Å²) in [6, 6.07) is 8.74. The van der Waals surface area contributed by atoms with E-state index >= 15 is 0 Å². The summed E-state index contributed by atoms with van der Waals surface area (Å²) in [4.78, 5) is 12.1. The van der Waals surface area contributed by atoms with Crippen molar-refractivity contribution in [1.82, 2.24) is 5.32 Å². The molecule has 1 aromatic rings. The van der Waals surface area contributed by atoms with Gasteiger partial charge in [-0.05, 0) is 43.7 Å². The van der Waals surface area contributed by atoms with E-state index in [1.54, 1.807) is 0 Å². The van der Waals surface area contributed by atoms with Crippen LogP contribution in [0, 0.1) is 0 Å². The zero-order valence-electron chi connectivity index (χ0n) is 11.8. The molecule has 0 spiro atoms. The van der Waals surface area contributed by atoms with Gasteiger partial charge in [0.05, 0.1) is 0 Å². The molecule has 1 aromatic carbocycles. The SMILES string of the molecule is CCOC(CC)C(=O)NC1CCc2ccccc2C1. The number of hydrogen-bond acceptors (Lipinski definition) is 2. The van der Waals surface area contributed by atoms with Crippen molar-refractivity contribution in [2.75, 3.05) is 6.61 Å². The van der Waals surface area contributed by atoms with E-state index in [0.717, 1.165) is 25.7 Å². The topological polar surface area (TPSA) is 38.3 Å². The highest BCUT2D eigenvalue weighted by Crippen LogP contribution is 2.21. The number of benzene rings is 1. The standard InChI is InChI=1S/C16H23NO2/c1-3-15(19-4-2)16(18)17-14-10-9-12-7-5-6-8-13(12)11-14/h5-8,14-15H,3-4,9-11H2,1-2H3,(H,17,18). The summed E-state index contributed by atoms with van der Waals surface area (Å²) >= 11 is 0.